The first-order valence-corrected chi connectivity index (χ1v) is 7.85. The molecule has 0 aliphatic carbocycles. The number of hydrogen-bond acceptors (Lipinski definition) is 4. The fraction of sp³-hybridized carbons (Fsp3) is 0.125. The van der Waals surface area contributed by atoms with Crippen LogP contribution in [0.3, 0.4) is 0 Å². The lowest BCUT2D eigenvalue weighted by Crippen LogP contribution is -2.38. The maximum Gasteiger partial charge on any atom is 0.279 e. The summed E-state index contributed by atoms with van der Waals surface area (Å²) < 4.78 is 5.75. The molecule has 1 atom stereocenters. The van der Waals surface area contributed by atoms with E-state index < -0.39 is 6.04 Å². The predicted molar refractivity (Wildman–Crippen MR) is 87.1 cm³/mol. The van der Waals surface area contributed by atoms with E-state index in [2.05, 4.69) is 10.6 Å². The van der Waals surface area contributed by atoms with Gasteiger partial charge < -0.3 is 15.1 Å². The Bertz CT molecular complexity index is 903. The van der Waals surface area contributed by atoms with Crippen LogP contribution in [0.15, 0.2) is 46.9 Å². The largest absolute Gasteiger partial charge is 0.456 e. The summed E-state index contributed by atoms with van der Waals surface area (Å²) in [7, 11) is 0. The predicted octanol–water partition coefficient (Wildman–Crippen LogP) is 3.35. The number of thioether (sulfide) groups is 1. The molecule has 22 heavy (non-hydrogen) atoms. The van der Waals surface area contributed by atoms with Crippen LogP contribution >= 0.6 is 11.8 Å². The number of fused-ring (bicyclic) bond motifs is 3. The van der Waals surface area contributed by atoms with E-state index in [1.54, 1.807) is 6.07 Å². The average molecular weight is 312 g/mol. The summed E-state index contributed by atoms with van der Waals surface area (Å²) in [6.45, 7) is 0. The van der Waals surface area contributed by atoms with Gasteiger partial charge in [-0.05, 0) is 24.3 Å². The third-order valence-electron chi connectivity index (χ3n) is 3.63. The molecule has 1 aromatic heterocycles. The SMILES string of the molecule is O=C1NC(C(=O)Nc2ccc3oc4ccccc4c3c2)CS1. The second kappa shape index (κ2) is 5.06. The molecule has 2 N–H and O–H groups in total. The van der Waals surface area contributed by atoms with Crippen molar-refractivity contribution in [3.63, 3.8) is 0 Å². The van der Waals surface area contributed by atoms with Crippen LogP contribution in [-0.2, 0) is 4.79 Å². The van der Waals surface area contributed by atoms with E-state index in [9.17, 15) is 9.59 Å². The number of carbonyl (C=O) groups is 2. The van der Waals surface area contributed by atoms with Crippen LogP contribution in [-0.4, -0.2) is 22.9 Å². The van der Waals surface area contributed by atoms with Gasteiger partial charge in [0.1, 0.15) is 17.2 Å². The highest BCUT2D eigenvalue weighted by Crippen LogP contribution is 2.30. The number of hydrogen-bond donors (Lipinski definition) is 2. The molecule has 1 saturated heterocycles. The first-order valence-electron chi connectivity index (χ1n) is 6.86. The standard InChI is InChI=1S/C16H12N2O3S/c19-15(12-8-22-16(20)18-12)17-9-5-6-14-11(7-9)10-3-1-2-4-13(10)21-14/h1-7,12H,8H2,(H,17,19)(H,18,20). The van der Waals surface area contributed by atoms with E-state index in [0.717, 1.165) is 33.7 Å². The highest BCUT2D eigenvalue weighted by Gasteiger charge is 2.28. The number of amides is 2. The van der Waals surface area contributed by atoms with Crippen LogP contribution in [0.4, 0.5) is 10.5 Å². The first kappa shape index (κ1) is 13.2. The molecule has 1 unspecified atom stereocenters. The number of carbonyl (C=O) groups excluding carboxylic acids is 2. The molecule has 3 aromatic rings. The molecule has 1 aliphatic rings. The van der Waals surface area contributed by atoms with E-state index in [4.69, 9.17) is 4.42 Å². The van der Waals surface area contributed by atoms with E-state index >= 15 is 0 Å². The molecule has 2 heterocycles. The lowest BCUT2D eigenvalue weighted by atomic mass is 10.1. The van der Waals surface area contributed by atoms with Crippen molar-refractivity contribution >= 4 is 50.5 Å². The second-order valence-electron chi connectivity index (χ2n) is 5.09. The van der Waals surface area contributed by atoms with E-state index in [1.165, 1.54) is 0 Å². The summed E-state index contributed by atoms with van der Waals surface area (Å²) in [4.78, 5) is 23.3. The summed E-state index contributed by atoms with van der Waals surface area (Å²) in [5.74, 6) is 0.257. The molecule has 0 saturated carbocycles. The van der Waals surface area contributed by atoms with Gasteiger partial charge in [-0.2, -0.15) is 0 Å². The lowest BCUT2D eigenvalue weighted by molar-refractivity contribution is -0.117. The average Bonchev–Trinajstić information content (AvgIpc) is 3.11. The van der Waals surface area contributed by atoms with Crippen molar-refractivity contribution < 1.29 is 14.0 Å². The molecule has 1 fully saturated rings. The monoisotopic (exact) mass is 312 g/mol. The summed E-state index contributed by atoms with van der Waals surface area (Å²) in [6.07, 6.45) is 0. The van der Waals surface area contributed by atoms with Crippen molar-refractivity contribution in [2.75, 3.05) is 11.1 Å². The Kier molecular flexibility index (Phi) is 3.04. The van der Waals surface area contributed by atoms with Crippen LogP contribution in [0, 0.1) is 0 Å². The molecule has 110 valence electrons. The summed E-state index contributed by atoms with van der Waals surface area (Å²) in [5, 5.41) is 7.28. The van der Waals surface area contributed by atoms with Crippen LogP contribution in [0.5, 0.6) is 0 Å². The van der Waals surface area contributed by atoms with Gasteiger partial charge in [0.2, 0.25) is 5.91 Å². The van der Waals surface area contributed by atoms with Crippen LogP contribution in [0.25, 0.3) is 21.9 Å². The minimum absolute atomic E-state index is 0.156. The maximum atomic E-state index is 12.1. The number of rotatable bonds is 2. The molecular formula is C16H12N2O3S. The first-order chi connectivity index (χ1) is 10.7. The summed E-state index contributed by atoms with van der Waals surface area (Å²) in [5.41, 5.74) is 2.29. The lowest BCUT2D eigenvalue weighted by Gasteiger charge is -2.10. The van der Waals surface area contributed by atoms with Crippen molar-refractivity contribution in [3.05, 3.63) is 42.5 Å². The van der Waals surface area contributed by atoms with Crippen molar-refractivity contribution in [3.8, 4) is 0 Å². The zero-order valence-corrected chi connectivity index (χ0v) is 12.3. The van der Waals surface area contributed by atoms with Gasteiger partial charge in [0.05, 0.1) is 0 Å². The summed E-state index contributed by atoms with van der Waals surface area (Å²) in [6, 6.07) is 12.8. The summed E-state index contributed by atoms with van der Waals surface area (Å²) >= 11 is 1.12. The van der Waals surface area contributed by atoms with Gasteiger partial charge in [0, 0.05) is 22.2 Å². The molecule has 0 bridgehead atoms. The van der Waals surface area contributed by atoms with Crippen molar-refractivity contribution in [1.82, 2.24) is 5.32 Å². The Morgan fingerprint density at radius 1 is 1.18 bits per heavy atom. The van der Waals surface area contributed by atoms with Crippen molar-refractivity contribution in [1.29, 1.82) is 0 Å². The third-order valence-corrected chi connectivity index (χ3v) is 4.51. The number of nitrogens with one attached hydrogen (secondary N) is 2. The maximum absolute atomic E-state index is 12.1. The molecule has 1 aliphatic heterocycles. The van der Waals surface area contributed by atoms with Gasteiger partial charge in [-0.3, -0.25) is 9.59 Å². The van der Waals surface area contributed by atoms with Crippen molar-refractivity contribution in [2.45, 2.75) is 6.04 Å². The topological polar surface area (TPSA) is 71.3 Å². The zero-order valence-electron chi connectivity index (χ0n) is 11.5. The van der Waals surface area contributed by atoms with Gasteiger partial charge in [-0.25, -0.2) is 0 Å². The second-order valence-corrected chi connectivity index (χ2v) is 6.09. The van der Waals surface area contributed by atoms with Crippen LogP contribution < -0.4 is 10.6 Å². The molecule has 0 radical (unpaired) electrons. The third kappa shape index (κ3) is 2.21. The van der Waals surface area contributed by atoms with E-state index in [1.807, 2.05) is 36.4 Å². The molecular weight excluding hydrogens is 300 g/mol. The quantitative estimate of drug-likeness (QED) is 0.761. The van der Waals surface area contributed by atoms with E-state index in [0.29, 0.717) is 11.4 Å². The Hall–Kier alpha value is -2.47. The number of benzene rings is 2. The smallest absolute Gasteiger partial charge is 0.279 e. The molecule has 0 spiro atoms. The van der Waals surface area contributed by atoms with Crippen LogP contribution in [0.1, 0.15) is 0 Å². The normalized spacial score (nSPS) is 17.8. The number of para-hydroxylation sites is 1. The van der Waals surface area contributed by atoms with Gasteiger partial charge in [0.25, 0.3) is 5.24 Å². The highest BCUT2D eigenvalue weighted by molar-refractivity contribution is 8.14. The fourth-order valence-corrected chi connectivity index (χ4v) is 3.34. The minimum Gasteiger partial charge on any atom is -0.456 e. The zero-order chi connectivity index (χ0) is 15.1. The van der Waals surface area contributed by atoms with Gasteiger partial charge >= 0.3 is 0 Å². The molecule has 5 nitrogen and oxygen atoms in total. The molecule has 2 aromatic carbocycles. The molecule has 2 amide bonds. The highest BCUT2D eigenvalue weighted by atomic mass is 32.2. The van der Waals surface area contributed by atoms with Gasteiger partial charge in [-0.15, -0.1) is 0 Å². The molecule has 6 heteroatoms. The molecule has 4 rings (SSSR count). The fourth-order valence-electron chi connectivity index (χ4n) is 2.56. The minimum atomic E-state index is -0.478. The Morgan fingerprint density at radius 3 is 2.82 bits per heavy atom. The van der Waals surface area contributed by atoms with Crippen LogP contribution in [0.2, 0.25) is 0 Å². The Balaban J connectivity index is 1.66. The Labute approximate surface area is 130 Å². The van der Waals surface area contributed by atoms with Crippen molar-refractivity contribution in [2.24, 2.45) is 0 Å². The van der Waals surface area contributed by atoms with Gasteiger partial charge in [0.15, 0.2) is 0 Å². The number of furan rings is 1. The van der Waals surface area contributed by atoms with E-state index in [-0.39, 0.29) is 11.1 Å². The van der Waals surface area contributed by atoms with Gasteiger partial charge in [-0.1, -0.05) is 30.0 Å². The number of anilines is 1. The Morgan fingerprint density at radius 2 is 2.00 bits per heavy atom.